The van der Waals surface area contributed by atoms with E-state index in [-0.39, 0.29) is 5.75 Å². The second kappa shape index (κ2) is 4.31. The molecule has 1 aromatic carbocycles. The summed E-state index contributed by atoms with van der Waals surface area (Å²) in [5.74, 6) is 1.19. The minimum atomic E-state index is 0.205. The quantitative estimate of drug-likeness (QED) is 0.835. The van der Waals surface area contributed by atoms with Gasteiger partial charge in [-0.15, -0.1) is 20.4 Å². The molecule has 15 heavy (non-hydrogen) atoms. The van der Waals surface area contributed by atoms with Gasteiger partial charge >= 0.3 is 0 Å². The molecule has 0 amide bonds. The van der Waals surface area contributed by atoms with E-state index in [4.69, 9.17) is 5.11 Å². The van der Waals surface area contributed by atoms with Gasteiger partial charge in [0.05, 0.1) is 5.33 Å². The van der Waals surface area contributed by atoms with Gasteiger partial charge in [-0.3, -0.25) is 0 Å². The summed E-state index contributed by atoms with van der Waals surface area (Å²) in [6, 6.07) is 6.55. The monoisotopic (exact) mass is 266 g/mol. The number of hydrogen-bond acceptors (Lipinski definition) is 5. The van der Waals surface area contributed by atoms with Crippen molar-refractivity contribution in [3.05, 3.63) is 30.1 Å². The number of aromatic nitrogens is 4. The molecule has 0 aliphatic carbocycles. The van der Waals surface area contributed by atoms with Crippen molar-refractivity contribution >= 4 is 15.9 Å². The van der Waals surface area contributed by atoms with Crippen LogP contribution in [0.4, 0.5) is 0 Å². The third-order valence-corrected chi connectivity index (χ3v) is 2.27. The average Bonchev–Trinajstić information content (AvgIpc) is 2.30. The van der Waals surface area contributed by atoms with Gasteiger partial charge in [0.2, 0.25) is 5.82 Å². The number of halogens is 1. The predicted octanol–water partition coefficient (Wildman–Crippen LogP) is 1.53. The number of aromatic hydroxyl groups is 1. The van der Waals surface area contributed by atoms with E-state index in [9.17, 15) is 0 Å². The molecule has 0 radical (unpaired) electrons. The van der Waals surface area contributed by atoms with Crippen LogP contribution in [-0.4, -0.2) is 25.5 Å². The van der Waals surface area contributed by atoms with E-state index in [1.807, 2.05) is 0 Å². The van der Waals surface area contributed by atoms with Crippen molar-refractivity contribution in [3.63, 3.8) is 0 Å². The Morgan fingerprint density at radius 2 is 1.60 bits per heavy atom. The predicted molar refractivity (Wildman–Crippen MR) is 57.4 cm³/mol. The second-order valence-corrected chi connectivity index (χ2v) is 3.38. The zero-order chi connectivity index (χ0) is 10.7. The highest BCUT2D eigenvalue weighted by Crippen LogP contribution is 2.16. The van der Waals surface area contributed by atoms with Crippen LogP contribution in [-0.2, 0) is 5.33 Å². The molecule has 0 saturated heterocycles. The fourth-order valence-corrected chi connectivity index (χ4v) is 1.25. The first-order valence-corrected chi connectivity index (χ1v) is 5.33. The van der Waals surface area contributed by atoms with Gasteiger partial charge < -0.3 is 5.11 Å². The molecule has 0 bridgehead atoms. The van der Waals surface area contributed by atoms with Gasteiger partial charge in [-0.25, -0.2) is 0 Å². The maximum absolute atomic E-state index is 9.11. The van der Waals surface area contributed by atoms with Crippen LogP contribution in [0, 0.1) is 0 Å². The van der Waals surface area contributed by atoms with Gasteiger partial charge in [0.25, 0.3) is 0 Å². The molecule has 0 unspecified atom stereocenters. The Morgan fingerprint density at radius 3 is 2.13 bits per heavy atom. The number of phenolic OH excluding ortho intramolecular Hbond substituents is 1. The number of benzene rings is 1. The van der Waals surface area contributed by atoms with Crippen LogP contribution >= 0.6 is 15.9 Å². The molecule has 6 heteroatoms. The van der Waals surface area contributed by atoms with Gasteiger partial charge in [-0.05, 0) is 24.3 Å². The normalized spacial score (nSPS) is 10.2. The topological polar surface area (TPSA) is 71.8 Å². The molecule has 0 atom stereocenters. The highest BCUT2D eigenvalue weighted by Gasteiger charge is 2.03. The van der Waals surface area contributed by atoms with Crippen LogP contribution in [0.25, 0.3) is 11.4 Å². The van der Waals surface area contributed by atoms with E-state index in [0.717, 1.165) is 5.56 Å². The fourth-order valence-electron chi connectivity index (χ4n) is 1.03. The van der Waals surface area contributed by atoms with Crippen LogP contribution in [0.3, 0.4) is 0 Å². The summed E-state index contributed by atoms with van der Waals surface area (Å²) >= 11 is 3.21. The second-order valence-electron chi connectivity index (χ2n) is 2.82. The third kappa shape index (κ3) is 2.27. The summed E-state index contributed by atoms with van der Waals surface area (Å²) in [5.41, 5.74) is 0.772. The van der Waals surface area contributed by atoms with E-state index in [1.54, 1.807) is 24.3 Å². The van der Waals surface area contributed by atoms with Crippen LogP contribution in [0.1, 0.15) is 5.82 Å². The number of rotatable bonds is 2. The molecular formula is C9H7BrN4O. The zero-order valence-corrected chi connectivity index (χ0v) is 9.22. The van der Waals surface area contributed by atoms with E-state index >= 15 is 0 Å². The Bertz CT molecular complexity index is 443. The lowest BCUT2D eigenvalue weighted by atomic mass is 10.2. The molecule has 2 aromatic rings. The number of hydrogen-bond donors (Lipinski definition) is 1. The maximum Gasteiger partial charge on any atom is 0.203 e. The van der Waals surface area contributed by atoms with Gasteiger partial charge in [-0.1, -0.05) is 15.9 Å². The Balaban J connectivity index is 2.33. The van der Waals surface area contributed by atoms with Crippen molar-refractivity contribution in [1.29, 1.82) is 0 Å². The molecule has 0 spiro atoms. The first kappa shape index (κ1) is 9.97. The largest absolute Gasteiger partial charge is 0.508 e. The zero-order valence-electron chi connectivity index (χ0n) is 7.63. The molecule has 0 aliphatic heterocycles. The van der Waals surface area contributed by atoms with Crippen LogP contribution in [0.2, 0.25) is 0 Å². The van der Waals surface area contributed by atoms with E-state index in [1.165, 1.54) is 0 Å². The average molecular weight is 267 g/mol. The minimum Gasteiger partial charge on any atom is -0.508 e. The standard InChI is InChI=1S/C9H7BrN4O/c10-5-8-11-13-9(14-12-8)6-1-3-7(15)4-2-6/h1-4,15H,5H2. The van der Waals surface area contributed by atoms with Crippen molar-refractivity contribution < 1.29 is 5.11 Å². The van der Waals surface area contributed by atoms with Crippen LogP contribution < -0.4 is 0 Å². The molecule has 1 heterocycles. The summed E-state index contributed by atoms with van der Waals surface area (Å²) in [6.45, 7) is 0. The van der Waals surface area contributed by atoms with E-state index in [0.29, 0.717) is 17.0 Å². The summed E-state index contributed by atoms with van der Waals surface area (Å²) < 4.78 is 0. The lowest BCUT2D eigenvalue weighted by Gasteiger charge is -1.98. The van der Waals surface area contributed by atoms with Gasteiger partial charge in [0.1, 0.15) is 5.75 Å². The molecule has 0 aliphatic rings. The van der Waals surface area contributed by atoms with Crippen molar-refractivity contribution in [2.45, 2.75) is 5.33 Å². The lowest BCUT2D eigenvalue weighted by molar-refractivity contribution is 0.475. The Kier molecular flexibility index (Phi) is 2.86. The molecule has 1 aromatic heterocycles. The Hall–Kier alpha value is -1.56. The van der Waals surface area contributed by atoms with Gasteiger partial charge in [-0.2, -0.15) is 0 Å². The SMILES string of the molecule is Oc1ccc(-c2nnc(CBr)nn2)cc1. The first-order chi connectivity index (χ1) is 7.29. The summed E-state index contributed by atoms with van der Waals surface area (Å²) in [6.07, 6.45) is 0. The number of phenols is 1. The third-order valence-electron chi connectivity index (χ3n) is 1.77. The molecule has 2 rings (SSSR count). The van der Waals surface area contributed by atoms with E-state index in [2.05, 4.69) is 36.3 Å². The highest BCUT2D eigenvalue weighted by atomic mass is 79.9. The molecule has 0 fully saturated rings. The van der Waals surface area contributed by atoms with Crippen molar-refractivity contribution in [2.75, 3.05) is 0 Å². The molecule has 76 valence electrons. The van der Waals surface area contributed by atoms with E-state index < -0.39 is 0 Å². The number of nitrogens with zero attached hydrogens (tertiary/aromatic N) is 4. The van der Waals surface area contributed by atoms with Crippen molar-refractivity contribution in [2.24, 2.45) is 0 Å². The van der Waals surface area contributed by atoms with Crippen LogP contribution in [0.5, 0.6) is 5.75 Å². The summed E-state index contributed by atoms with van der Waals surface area (Å²) in [4.78, 5) is 0. The molecule has 5 nitrogen and oxygen atoms in total. The van der Waals surface area contributed by atoms with Gasteiger partial charge in [0, 0.05) is 5.56 Å². The van der Waals surface area contributed by atoms with Crippen molar-refractivity contribution in [3.8, 4) is 17.1 Å². The number of alkyl halides is 1. The Labute approximate surface area is 94.3 Å². The fraction of sp³-hybridized carbons (Fsp3) is 0.111. The van der Waals surface area contributed by atoms with Gasteiger partial charge in [0.15, 0.2) is 5.82 Å². The Morgan fingerprint density at radius 1 is 1.00 bits per heavy atom. The first-order valence-electron chi connectivity index (χ1n) is 4.21. The molecule has 0 saturated carbocycles. The van der Waals surface area contributed by atoms with Crippen molar-refractivity contribution in [1.82, 2.24) is 20.4 Å². The molecule has 1 N–H and O–H groups in total. The highest BCUT2D eigenvalue weighted by molar-refractivity contribution is 9.08. The lowest BCUT2D eigenvalue weighted by Crippen LogP contribution is -2.00. The van der Waals surface area contributed by atoms with Crippen LogP contribution in [0.15, 0.2) is 24.3 Å². The maximum atomic E-state index is 9.11. The summed E-state index contributed by atoms with van der Waals surface area (Å²) in [5, 5.41) is 25.2. The minimum absolute atomic E-state index is 0.205. The molecular weight excluding hydrogens is 260 g/mol. The summed E-state index contributed by atoms with van der Waals surface area (Å²) in [7, 11) is 0. The smallest absolute Gasteiger partial charge is 0.203 e.